The SMILES string of the molecule is Cn1cc(/C=C/C(=O)N[C@@H](c2ccccc2)C2CC2)cn1. The third kappa shape index (κ3) is 3.60. The van der Waals surface area contributed by atoms with Crippen molar-refractivity contribution in [2.75, 3.05) is 0 Å². The Hall–Kier alpha value is -2.36. The standard InChI is InChI=1S/C17H19N3O/c1-20-12-13(11-18-20)7-10-16(21)19-17(15-8-9-15)14-5-3-2-4-6-14/h2-7,10-12,15,17H,8-9H2,1H3,(H,19,21)/b10-7+/t17-/m0/s1. The summed E-state index contributed by atoms with van der Waals surface area (Å²) in [4.78, 5) is 12.1. The number of carbonyl (C=O) groups is 1. The molecule has 21 heavy (non-hydrogen) atoms. The third-order valence-electron chi connectivity index (χ3n) is 3.70. The average molecular weight is 281 g/mol. The second-order valence-corrected chi connectivity index (χ2v) is 5.52. The van der Waals surface area contributed by atoms with Gasteiger partial charge in [-0.1, -0.05) is 30.3 Å². The Morgan fingerprint density at radius 3 is 2.76 bits per heavy atom. The number of amides is 1. The Kier molecular flexibility index (Phi) is 3.86. The molecule has 2 aromatic rings. The summed E-state index contributed by atoms with van der Waals surface area (Å²) < 4.78 is 1.72. The molecule has 1 amide bonds. The van der Waals surface area contributed by atoms with E-state index in [9.17, 15) is 4.79 Å². The van der Waals surface area contributed by atoms with Crippen LogP contribution in [0, 0.1) is 5.92 Å². The average Bonchev–Trinajstić information content (AvgIpc) is 3.26. The van der Waals surface area contributed by atoms with Crippen molar-refractivity contribution in [1.82, 2.24) is 15.1 Å². The number of aryl methyl sites for hydroxylation is 1. The molecular formula is C17H19N3O. The monoisotopic (exact) mass is 281 g/mol. The highest BCUT2D eigenvalue weighted by Gasteiger charge is 2.32. The van der Waals surface area contributed by atoms with Gasteiger partial charge in [0.05, 0.1) is 12.2 Å². The predicted molar refractivity (Wildman–Crippen MR) is 82.3 cm³/mol. The van der Waals surface area contributed by atoms with Crippen LogP contribution >= 0.6 is 0 Å². The van der Waals surface area contributed by atoms with E-state index >= 15 is 0 Å². The molecule has 0 unspecified atom stereocenters. The summed E-state index contributed by atoms with van der Waals surface area (Å²) in [7, 11) is 1.86. The van der Waals surface area contributed by atoms with E-state index in [1.54, 1.807) is 23.0 Å². The highest BCUT2D eigenvalue weighted by molar-refractivity contribution is 5.91. The Morgan fingerprint density at radius 2 is 2.14 bits per heavy atom. The number of rotatable bonds is 5. The van der Waals surface area contributed by atoms with Gasteiger partial charge in [0.25, 0.3) is 0 Å². The molecule has 108 valence electrons. The first-order valence-electron chi connectivity index (χ1n) is 7.24. The summed E-state index contributed by atoms with van der Waals surface area (Å²) in [6.07, 6.45) is 9.35. The highest BCUT2D eigenvalue weighted by Crippen LogP contribution is 2.40. The van der Waals surface area contributed by atoms with E-state index in [2.05, 4.69) is 22.5 Å². The van der Waals surface area contributed by atoms with Crippen LogP contribution in [-0.2, 0) is 11.8 Å². The topological polar surface area (TPSA) is 46.9 Å². The fourth-order valence-electron chi connectivity index (χ4n) is 2.46. The number of benzene rings is 1. The van der Waals surface area contributed by atoms with Crippen LogP contribution in [0.4, 0.5) is 0 Å². The molecule has 0 radical (unpaired) electrons. The van der Waals surface area contributed by atoms with Crippen LogP contribution in [0.25, 0.3) is 6.08 Å². The van der Waals surface area contributed by atoms with E-state index in [0.29, 0.717) is 5.92 Å². The fourth-order valence-corrected chi connectivity index (χ4v) is 2.46. The molecule has 1 N–H and O–H groups in total. The lowest BCUT2D eigenvalue weighted by molar-refractivity contribution is -0.117. The second-order valence-electron chi connectivity index (χ2n) is 5.52. The zero-order chi connectivity index (χ0) is 14.7. The summed E-state index contributed by atoms with van der Waals surface area (Å²) in [6, 6.07) is 10.3. The van der Waals surface area contributed by atoms with Crippen LogP contribution in [0.1, 0.15) is 30.0 Å². The minimum Gasteiger partial charge on any atom is -0.345 e. The Balaban J connectivity index is 1.66. The van der Waals surface area contributed by atoms with Crippen LogP contribution < -0.4 is 5.32 Å². The van der Waals surface area contributed by atoms with Crippen LogP contribution in [-0.4, -0.2) is 15.7 Å². The molecule has 1 atom stereocenters. The summed E-state index contributed by atoms with van der Waals surface area (Å²) >= 11 is 0. The maximum atomic E-state index is 12.1. The summed E-state index contributed by atoms with van der Waals surface area (Å²) in [5.74, 6) is 0.516. The van der Waals surface area contributed by atoms with Crippen LogP contribution in [0.2, 0.25) is 0 Å². The molecule has 0 bridgehead atoms. The minimum atomic E-state index is -0.0559. The van der Waals surface area contributed by atoms with E-state index in [1.807, 2.05) is 31.4 Å². The van der Waals surface area contributed by atoms with Crippen molar-refractivity contribution in [2.24, 2.45) is 13.0 Å². The normalized spacial score (nSPS) is 16.0. The van der Waals surface area contributed by atoms with Crippen molar-refractivity contribution < 1.29 is 4.79 Å². The largest absolute Gasteiger partial charge is 0.345 e. The lowest BCUT2D eigenvalue weighted by atomic mass is 10.0. The van der Waals surface area contributed by atoms with Gasteiger partial charge in [-0.2, -0.15) is 5.10 Å². The number of nitrogens with zero attached hydrogens (tertiary/aromatic N) is 2. The Labute approximate surface area is 124 Å². The Bertz CT molecular complexity index is 641. The van der Waals surface area contributed by atoms with Crippen molar-refractivity contribution >= 4 is 12.0 Å². The molecule has 1 fully saturated rings. The number of aromatic nitrogens is 2. The molecule has 1 aliphatic rings. The summed E-state index contributed by atoms with van der Waals surface area (Å²) in [5, 5.41) is 7.19. The highest BCUT2D eigenvalue weighted by atomic mass is 16.1. The lowest BCUT2D eigenvalue weighted by Crippen LogP contribution is -2.28. The van der Waals surface area contributed by atoms with E-state index < -0.39 is 0 Å². The van der Waals surface area contributed by atoms with Gasteiger partial charge in [0.1, 0.15) is 0 Å². The lowest BCUT2D eigenvalue weighted by Gasteiger charge is -2.17. The van der Waals surface area contributed by atoms with Crippen molar-refractivity contribution in [3.8, 4) is 0 Å². The molecule has 0 spiro atoms. The molecule has 1 heterocycles. The number of hydrogen-bond donors (Lipinski definition) is 1. The first kappa shape index (κ1) is 13.6. The smallest absolute Gasteiger partial charge is 0.244 e. The van der Waals surface area contributed by atoms with E-state index in [-0.39, 0.29) is 11.9 Å². The molecule has 0 saturated heterocycles. The van der Waals surface area contributed by atoms with E-state index in [4.69, 9.17) is 0 Å². The number of carbonyl (C=O) groups excluding carboxylic acids is 1. The van der Waals surface area contributed by atoms with E-state index in [1.165, 1.54) is 18.4 Å². The van der Waals surface area contributed by atoms with Gasteiger partial charge < -0.3 is 5.32 Å². The quantitative estimate of drug-likeness (QED) is 0.857. The molecule has 1 aliphatic carbocycles. The maximum absolute atomic E-state index is 12.1. The molecule has 0 aliphatic heterocycles. The Morgan fingerprint density at radius 1 is 1.38 bits per heavy atom. The molecule has 4 heteroatoms. The van der Waals surface area contributed by atoms with Crippen molar-refractivity contribution in [1.29, 1.82) is 0 Å². The molecule has 4 nitrogen and oxygen atoms in total. The molecule has 1 aromatic heterocycles. The van der Waals surface area contributed by atoms with Gasteiger partial charge in [-0.3, -0.25) is 9.48 Å². The van der Waals surface area contributed by atoms with E-state index in [0.717, 1.165) is 5.56 Å². The molecule has 3 rings (SSSR count). The summed E-state index contributed by atoms with van der Waals surface area (Å²) in [6.45, 7) is 0. The van der Waals surface area contributed by atoms with Gasteiger partial charge in [0, 0.05) is 24.9 Å². The fraction of sp³-hybridized carbons (Fsp3) is 0.294. The zero-order valence-electron chi connectivity index (χ0n) is 12.1. The number of nitrogens with one attached hydrogen (secondary N) is 1. The zero-order valence-corrected chi connectivity index (χ0v) is 12.1. The maximum Gasteiger partial charge on any atom is 0.244 e. The van der Waals surface area contributed by atoms with Crippen molar-refractivity contribution in [3.63, 3.8) is 0 Å². The van der Waals surface area contributed by atoms with Crippen LogP contribution in [0.5, 0.6) is 0 Å². The van der Waals surface area contributed by atoms with Gasteiger partial charge in [0.2, 0.25) is 5.91 Å². The molecule has 1 saturated carbocycles. The first-order chi connectivity index (χ1) is 10.2. The first-order valence-corrected chi connectivity index (χ1v) is 7.24. The van der Waals surface area contributed by atoms with Gasteiger partial charge in [-0.05, 0) is 30.4 Å². The van der Waals surface area contributed by atoms with Gasteiger partial charge in [0.15, 0.2) is 0 Å². The third-order valence-corrected chi connectivity index (χ3v) is 3.70. The van der Waals surface area contributed by atoms with Gasteiger partial charge in [-0.15, -0.1) is 0 Å². The van der Waals surface area contributed by atoms with Gasteiger partial charge in [-0.25, -0.2) is 0 Å². The van der Waals surface area contributed by atoms with Crippen LogP contribution in [0.3, 0.4) is 0 Å². The van der Waals surface area contributed by atoms with Gasteiger partial charge >= 0.3 is 0 Å². The second kappa shape index (κ2) is 5.95. The van der Waals surface area contributed by atoms with Crippen molar-refractivity contribution in [3.05, 3.63) is 59.9 Å². The summed E-state index contributed by atoms with van der Waals surface area (Å²) in [5.41, 5.74) is 2.11. The molecular weight excluding hydrogens is 262 g/mol. The van der Waals surface area contributed by atoms with Crippen molar-refractivity contribution in [2.45, 2.75) is 18.9 Å². The number of hydrogen-bond acceptors (Lipinski definition) is 2. The minimum absolute atomic E-state index is 0.0559. The van der Waals surface area contributed by atoms with Crippen LogP contribution in [0.15, 0.2) is 48.8 Å². The molecule has 1 aromatic carbocycles. The predicted octanol–water partition coefficient (Wildman–Crippen LogP) is 2.70.